The average Bonchev–Trinajstić information content (AvgIpc) is 2.91. The lowest BCUT2D eigenvalue weighted by Crippen LogP contribution is -2.42. The normalized spacial score (nSPS) is 12.1. The van der Waals surface area contributed by atoms with Gasteiger partial charge in [-0.2, -0.15) is 0 Å². The average molecular weight is 569 g/mol. The molecular formula is C28H25ClN2O7S. The van der Waals surface area contributed by atoms with Crippen LogP contribution in [0.1, 0.15) is 15.9 Å². The number of fused-ring (bicyclic) bond motifs is 1. The summed E-state index contributed by atoms with van der Waals surface area (Å²) in [6.45, 7) is 0. The van der Waals surface area contributed by atoms with E-state index in [0.29, 0.717) is 33.8 Å². The molecule has 1 atom stereocenters. The van der Waals surface area contributed by atoms with Crippen molar-refractivity contribution in [1.29, 1.82) is 0 Å². The first-order valence-electron chi connectivity index (χ1n) is 11.7. The Kier molecular flexibility index (Phi) is 8.08. The topological polar surface area (TPSA) is 132 Å². The van der Waals surface area contributed by atoms with Crippen molar-refractivity contribution in [3.63, 3.8) is 0 Å². The summed E-state index contributed by atoms with van der Waals surface area (Å²) in [6, 6.07) is 16.9. The number of hydrogen-bond donors (Lipinski definition) is 2. The molecule has 1 unspecified atom stereocenters. The lowest BCUT2D eigenvalue weighted by atomic mass is 10.0. The molecule has 1 amide bonds. The van der Waals surface area contributed by atoms with Crippen LogP contribution in [0.3, 0.4) is 0 Å². The molecule has 4 aromatic rings. The fraction of sp³-hybridized carbons (Fsp3) is 0.179. The summed E-state index contributed by atoms with van der Waals surface area (Å²) < 4.78 is 34.4. The summed E-state index contributed by atoms with van der Waals surface area (Å²) in [7, 11) is -0.374. The number of carbonyl (C=O) groups excluding carboxylic acids is 1. The molecule has 0 bridgehead atoms. The Bertz CT molecular complexity index is 1670. The van der Waals surface area contributed by atoms with Gasteiger partial charge in [-0.1, -0.05) is 29.8 Å². The van der Waals surface area contributed by atoms with Gasteiger partial charge in [0.25, 0.3) is 5.91 Å². The second-order valence-corrected chi connectivity index (χ2v) is 11.2. The number of nitrogens with one attached hydrogen (secondary N) is 1. The maximum Gasteiger partial charge on any atom is 0.326 e. The molecule has 1 heterocycles. The quantitative estimate of drug-likeness (QED) is 0.304. The van der Waals surface area contributed by atoms with Gasteiger partial charge in [0.05, 0.1) is 46.5 Å². The molecule has 0 radical (unpaired) electrons. The predicted octanol–water partition coefficient (Wildman–Crippen LogP) is 4.40. The van der Waals surface area contributed by atoms with Crippen LogP contribution in [0.15, 0.2) is 71.6 Å². The van der Waals surface area contributed by atoms with Gasteiger partial charge in [-0.15, -0.1) is 0 Å². The third-order valence-corrected chi connectivity index (χ3v) is 7.52. The van der Waals surface area contributed by atoms with E-state index in [4.69, 9.17) is 26.1 Å². The number of carboxylic acids is 1. The third-order valence-electron chi connectivity index (χ3n) is 6.09. The molecule has 39 heavy (non-hydrogen) atoms. The highest BCUT2D eigenvalue weighted by Crippen LogP contribution is 2.37. The first kappa shape index (κ1) is 27.9. The first-order chi connectivity index (χ1) is 18.5. The van der Waals surface area contributed by atoms with Crippen molar-refractivity contribution in [3.8, 4) is 22.8 Å². The maximum absolute atomic E-state index is 12.8. The Balaban J connectivity index is 1.57. The van der Waals surface area contributed by atoms with Crippen LogP contribution in [0.4, 0.5) is 0 Å². The number of halogens is 1. The van der Waals surface area contributed by atoms with Gasteiger partial charge in [0.2, 0.25) is 0 Å². The predicted molar refractivity (Wildman–Crippen MR) is 147 cm³/mol. The van der Waals surface area contributed by atoms with Gasteiger partial charge < -0.3 is 19.9 Å². The molecule has 11 heteroatoms. The Morgan fingerprint density at radius 2 is 1.69 bits per heavy atom. The minimum absolute atomic E-state index is 0.00185. The fourth-order valence-corrected chi connectivity index (χ4v) is 5.11. The lowest BCUT2D eigenvalue weighted by molar-refractivity contribution is -0.139. The van der Waals surface area contributed by atoms with Crippen LogP contribution in [-0.2, 0) is 21.1 Å². The van der Waals surface area contributed by atoms with E-state index in [2.05, 4.69) is 5.32 Å². The van der Waals surface area contributed by atoms with E-state index in [-0.39, 0.29) is 21.9 Å². The highest BCUT2D eigenvalue weighted by molar-refractivity contribution is 7.90. The van der Waals surface area contributed by atoms with Crippen molar-refractivity contribution in [1.82, 2.24) is 10.3 Å². The number of sulfone groups is 1. The summed E-state index contributed by atoms with van der Waals surface area (Å²) >= 11 is 6.12. The third kappa shape index (κ3) is 6.13. The molecule has 9 nitrogen and oxygen atoms in total. The van der Waals surface area contributed by atoms with E-state index in [1.165, 1.54) is 12.1 Å². The van der Waals surface area contributed by atoms with Crippen molar-refractivity contribution < 1.29 is 32.6 Å². The van der Waals surface area contributed by atoms with Gasteiger partial charge in [0.1, 0.15) is 17.5 Å². The molecule has 3 aromatic carbocycles. The Labute approximate surface area is 230 Å². The van der Waals surface area contributed by atoms with E-state index in [1.807, 2.05) is 36.4 Å². The van der Waals surface area contributed by atoms with E-state index in [0.717, 1.165) is 17.7 Å². The number of hydrogen-bond acceptors (Lipinski definition) is 7. The molecule has 1 aromatic heterocycles. The summed E-state index contributed by atoms with van der Waals surface area (Å²) in [5, 5.41) is 12.9. The molecule has 0 saturated carbocycles. The van der Waals surface area contributed by atoms with E-state index in [1.54, 1.807) is 26.4 Å². The van der Waals surface area contributed by atoms with Gasteiger partial charge in [0, 0.05) is 18.1 Å². The van der Waals surface area contributed by atoms with Crippen LogP contribution in [0.5, 0.6) is 11.5 Å². The minimum Gasteiger partial charge on any atom is -0.496 e. The van der Waals surface area contributed by atoms with Crippen LogP contribution in [0, 0.1) is 0 Å². The molecule has 4 rings (SSSR count). The van der Waals surface area contributed by atoms with Crippen LogP contribution in [0.25, 0.3) is 22.2 Å². The highest BCUT2D eigenvalue weighted by atomic mass is 35.5. The Morgan fingerprint density at radius 1 is 1.00 bits per heavy atom. The SMILES string of the molecule is COc1cccc(OC)c1-c1ccc2cc(CC(NC(=O)c3ccc(S(C)(=O)=O)cc3Cl)C(=O)O)ccc2n1. The van der Waals surface area contributed by atoms with Gasteiger partial charge in [-0.3, -0.25) is 4.79 Å². The van der Waals surface area contributed by atoms with E-state index < -0.39 is 27.8 Å². The number of nitrogens with zero attached hydrogens (tertiary/aromatic N) is 1. The summed E-state index contributed by atoms with van der Waals surface area (Å²) in [6.07, 6.45) is 1.02. The second-order valence-electron chi connectivity index (χ2n) is 8.74. The number of aliphatic carboxylic acids is 1. The second kappa shape index (κ2) is 11.3. The lowest BCUT2D eigenvalue weighted by Gasteiger charge is -2.16. The van der Waals surface area contributed by atoms with Crippen molar-refractivity contribution in [3.05, 3.63) is 82.9 Å². The number of methoxy groups -OCH3 is 2. The number of ether oxygens (including phenoxy) is 2. The van der Waals surface area contributed by atoms with Gasteiger partial charge in [-0.25, -0.2) is 18.2 Å². The van der Waals surface area contributed by atoms with Crippen LogP contribution >= 0.6 is 11.6 Å². The number of rotatable bonds is 9. The van der Waals surface area contributed by atoms with Crippen molar-refractivity contribution in [2.45, 2.75) is 17.4 Å². The number of amides is 1. The van der Waals surface area contributed by atoms with Gasteiger partial charge in [-0.05, 0) is 54.1 Å². The van der Waals surface area contributed by atoms with Crippen molar-refractivity contribution in [2.24, 2.45) is 0 Å². The number of carboxylic acid groups (broad SMARTS) is 1. The monoisotopic (exact) mass is 568 g/mol. The van der Waals surface area contributed by atoms with E-state index in [9.17, 15) is 23.1 Å². The summed E-state index contributed by atoms with van der Waals surface area (Å²) in [4.78, 5) is 29.4. The molecule has 0 saturated heterocycles. The zero-order valence-electron chi connectivity index (χ0n) is 21.3. The van der Waals surface area contributed by atoms with Crippen LogP contribution in [0.2, 0.25) is 5.02 Å². The smallest absolute Gasteiger partial charge is 0.326 e. The standard InChI is InChI=1S/C28H25ClN2O7S/c1-37-24-5-4-6-25(38-2)26(24)22-12-8-17-13-16(7-11-21(17)30-22)14-23(28(33)34)31-27(32)19-10-9-18(15-20(19)29)39(3,35)36/h4-13,15,23H,14H2,1-3H3,(H,31,32)(H,33,34). The minimum atomic E-state index is -3.52. The number of carbonyl (C=O) groups is 2. The highest BCUT2D eigenvalue weighted by Gasteiger charge is 2.23. The zero-order valence-corrected chi connectivity index (χ0v) is 22.8. The van der Waals surface area contributed by atoms with Crippen LogP contribution < -0.4 is 14.8 Å². The molecule has 0 aliphatic rings. The van der Waals surface area contributed by atoms with Gasteiger partial charge >= 0.3 is 5.97 Å². The molecule has 0 aliphatic carbocycles. The molecule has 2 N–H and O–H groups in total. The van der Waals surface area contributed by atoms with Crippen LogP contribution in [-0.4, -0.2) is 56.9 Å². The molecular weight excluding hydrogens is 544 g/mol. The molecule has 0 spiro atoms. The summed E-state index contributed by atoms with van der Waals surface area (Å²) in [5.41, 5.74) is 2.68. The summed E-state index contributed by atoms with van der Waals surface area (Å²) in [5.74, 6) is -0.734. The molecule has 0 aliphatic heterocycles. The largest absolute Gasteiger partial charge is 0.496 e. The maximum atomic E-state index is 12.8. The molecule has 202 valence electrons. The Hall–Kier alpha value is -4.15. The fourth-order valence-electron chi connectivity index (χ4n) is 4.13. The zero-order chi connectivity index (χ0) is 28.3. The number of aromatic nitrogens is 1. The Morgan fingerprint density at radius 3 is 2.28 bits per heavy atom. The first-order valence-corrected chi connectivity index (χ1v) is 13.9. The van der Waals surface area contributed by atoms with E-state index >= 15 is 0 Å². The molecule has 0 fully saturated rings. The van der Waals surface area contributed by atoms with Crippen molar-refractivity contribution in [2.75, 3.05) is 20.5 Å². The number of benzene rings is 3. The number of pyridine rings is 1. The van der Waals surface area contributed by atoms with Crippen molar-refractivity contribution >= 4 is 44.2 Å². The van der Waals surface area contributed by atoms with Gasteiger partial charge in [0.15, 0.2) is 9.84 Å².